The average Bonchev–Trinajstić information content (AvgIpc) is 2.46. The number of aryl methyl sites for hydroxylation is 1. The lowest BCUT2D eigenvalue weighted by Crippen LogP contribution is -2.15. The largest absolute Gasteiger partial charge is 0.385 e. The van der Waals surface area contributed by atoms with E-state index in [4.69, 9.17) is 11.6 Å². The summed E-state index contributed by atoms with van der Waals surface area (Å²) < 4.78 is 0. The molecule has 0 bridgehead atoms. The minimum atomic E-state index is -0.139. The van der Waals surface area contributed by atoms with Crippen molar-refractivity contribution in [2.24, 2.45) is 0 Å². The predicted molar refractivity (Wildman–Crippen MR) is 89.5 cm³/mol. The zero-order valence-electron chi connectivity index (χ0n) is 12.5. The summed E-state index contributed by atoms with van der Waals surface area (Å²) in [6.45, 7) is 6.62. The van der Waals surface area contributed by atoms with Gasteiger partial charge >= 0.3 is 0 Å². The lowest BCUT2D eigenvalue weighted by molar-refractivity contribution is 0.102. The van der Waals surface area contributed by atoms with Crippen LogP contribution in [0.2, 0.25) is 5.02 Å². The number of carbonyl (C=O) groups excluding carboxylic acids is 1. The molecule has 0 aliphatic heterocycles. The Kier molecular flexibility index (Phi) is 4.86. The highest BCUT2D eigenvalue weighted by atomic mass is 35.5. The Bertz CT molecular complexity index is 668. The van der Waals surface area contributed by atoms with Gasteiger partial charge in [0, 0.05) is 22.9 Å². The SMILES string of the molecule is CCNc1ccc(C)cc1C(=O)Nc1cccc(Cl)c1C. The van der Waals surface area contributed by atoms with Gasteiger partial charge in [-0.25, -0.2) is 0 Å². The molecule has 0 fully saturated rings. The number of rotatable bonds is 4. The first-order valence-corrected chi connectivity index (χ1v) is 7.31. The van der Waals surface area contributed by atoms with Crippen LogP contribution in [0.3, 0.4) is 0 Å². The Morgan fingerprint density at radius 3 is 2.62 bits per heavy atom. The molecule has 110 valence electrons. The van der Waals surface area contributed by atoms with Crippen molar-refractivity contribution in [3.05, 3.63) is 58.1 Å². The van der Waals surface area contributed by atoms with Crippen LogP contribution < -0.4 is 10.6 Å². The maximum absolute atomic E-state index is 12.5. The number of hydrogen-bond acceptors (Lipinski definition) is 2. The molecule has 2 rings (SSSR count). The fourth-order valence-corrected chi connectivity index (χ4v) is 2.30. The van der Waals surface area contributed by atoms with Crippen LogP contribution in [0.25, 0.3) is 0 Å². The van der Waals surface area contributed by atoms with Gasteiger partial charge in [-0.2, -0.15) is 0 Å². The van der Waals surface area contributed by atoms with Crippen LogP contribution in [0.5, 0.6) is 0 Å². The van der Waals surface area contributed by atoms with Gasteiger partial charge in [0.15, 0.2) is 0 Å². The second-order valence-corrected chi connectivity index (χ2v) is 5.35. The Balaban J connectivity index is 2.32. The van der Waals surface area contributed by atoms with Crippen molar-refractivity contribution < 1.29 is 4.79 Å². The zero-order chi connectivity index (χ0) is 15.4. The monoisotopic (exact) mass is 302 g/mol. The molecule has 0 unspecified atom stereocenters. The van der Waals surface area contributed by atoms with Crippen LogP contribution in [-0.2, 0) is 0 Å². The highest BCUT2D eigenvalue weighted by Crippen LogP contribution is 2.25. The minimum Gasteiger partial charge on any atom is -0.385 e. The first-order valence-electron chi connectivity index (χ1n) is 6.94. The Morgan fingerprint density at radius 2 is 1.90 bits per heavy atom. The molecule has 0 saturated heterocycles. The third-order valence-electron chi connectivity index (χ3n) is 3.30. The van der Waals surface area contributed by atoms with Gasteiger partial charge < -0.3 is 10.6 Å². The molecular weight excluding hydrogens is 284 g/mol. The molecule has 1 amide bonds. The van der Waals surface area contributed by atoms with E-state index in [0.717, 1.165) is 29.0 Å². The maximum Gasteiger partial charge on any atom is 0.257 e. The summed E-state index contributed by atoms with van der Waals surface area (Å²) in [4.78, 5) is 12.5. The van der Waals surface area contributed by atoms with Gasteiger partial charge in [-0.3, -0.25) is 4.79 Å². The lowest BCUT2D eigenvalue weighted by atomic mass is 10.1. The van der Waals surface area contributed by atoms with Gasteiger partial charge in [0.05, 0.1) is 5.56 Å². The summed E-state index contributed by atoms with van der Waals surface area (Å²) in [5.74, 6) is -0.139. The van der Waals surface area contributed by atoms with E-state index in [0.29, 0.717) is 10.6 Å². The highest BCUT2D eigenvalue weighted by molar-refractivity contribution is 6.31. The van der Waals surface area contributed by atoms with Gasteiger partial charge in [-0.15, -0.1) is 0 Å². The van der Waals surface area contributed by atoms with E-state index in [1.807, 2.05) is 57.2 Å². The molecule has 0 aromatic heterocycles. The summed E-state index contributed by atoms with van der Waals surface area (Å²) in [6.07, 6.45) is 0. The van der Waals surface area contributed by atoms with Gasteiger partial charge in [0.25, 0.3) is 5.91 Å². The first kappa shape index (κ1) is 15.4. The molecule has 0 atom stereocenters. The molecule has 2 aromatic rings. The number of amides is 1. The van der Waals surface area contributed by atoms with Crippen LogP contribution in [-0.4, -0.2) is 12.5 Å². The van der Waals surface area contributed by atoms with Crippen molar-refractivity contribution in [1.29, 1.82) is 0 Å². The summed E-state index contributed by atoms with van der Waals surface area (Å²) in [6, 6.07) is 11.3. The van der Waals surface area contributed by atoms with E-state index < -0.39 is 0 Å². The first-order chi connectivity index (χ1) is 10.0. The molecule has 0 heterocycles. The quantitative estimate of drug-likeness (QED) is 0.863. The normalized spacial score (nSPS) is 10.3. The molecule has 0 spiro atoms. The zero-order valence-corrected chi connectivity index (χ0v) is 13.2. The highest BCUT2D eigenvalue weighted by Gasteiger charge is 2.13. The van der Waals surface area contributed by atoms with Crippen LogP contribution in [0.1, 0.15) is 28.4 Å². The molecular formula is C17H19ClN2O. The van der Waals surface area contributed by atoms with E-state index in [1.54, 1.807) is 0 Å². The Labute approximate surface area is 130 Å². The van der Waals surface area contributed by atoms with Crippen molar-refractivity contribution in [2.45, 2.75) is 20.8 Å². The van der Waals surface area contributed by atoms with Crippen LogP contribution >= 0.6 is 11.6 Å². The van der Waals surface area contributed by atoms with Crippen LogP contribution in [0.15, 0.2) is 36.4 Å². The standard InChI is InChI=1S/C17H19ClN2O/c1-4-19-16-9-8-11(2)10-13(16)17(21)20-15-7-5-6-14(18)12(15)3/h5-10,19H,4H2,1-3H3,(H,20,21). The predicted octanol–water partition coefficient (Wildman–Crippen LogP) is 4.64. The van der Waals surface area contributed by atoms with Gasteiger partial charge in [0.1, 0.15) is 0 Å². The average molecular weight is 303 g/mol. The van der Waals surface area contributed by atoms with Gasteiger partial charge in [-0.05, 0) is 50.6 Å². The van der Waals surface area contributed by atoms with Gasteiger partial charge in [-0.1, -0.05) is 29.3 Å². The lowest BCUT2D eigenvalue weighted by Gasteiger charge is -2.13. The van der Waals surface area contributed by atoms with Crippen molar-refractivity contribution >= 4 is 28.9 Å². The number of anilines is 2. The summed E-state index contributed by atoms with van der Waals surface area (Å²) in [7, 11) is 0. The van der Waals surface area contributed by atoms with E-state index in [1.165, 1.54) is 0 Å². The molecule has 2 N–H and O–H groups in total. The number of hydrogen-bond donors (Lipinski definition) is 2. The third-order valence-corrected chi connectivity index (χ3v) is 3.71. The molecule has 0 radical (unpaired) electrons. The summed E-state index contributed by atoms with van der Waals surface area (Å²) >= 11 is 6.09. The number of nitrogens with one attached hydrogen (secondary N) is 2. The van der Waals surface area contributed by atoms with Crippen molar-refractivity contribution in [1.82, 2.24) is 0 Å². The fourth-order valence-electron chi connectivity index (χ4n) is 2.12. The second kappa shape index (κ2) is 6.64. The molecule has 0 saturated carbocycles. The third kappa shape index (κ3) is 3.56. The number of carbonyl (C=O) groups is 1. The topological polar surface area (TPSA) is 41.1 Å². The molecule has 0 aliphatic carbocycles. The maximum atomic E-state index is 12.5. The Morgan fingerprint density at radius 1 is 1.14 bits per heavy atom. The van der Waals surface area contributed by atoms with Crippen LogP contribution in [0.4, 0.5) is 11.4 Å². The van der Waals surface area contributed by atoms with Crippen molar-refractivity contribution in [3.63, 3.8) is 0 Å². The number of benzene rings is 2. The summed E-state index contributed by atoms with van der Waals surface area (Å²) in [5.41, 5.74) is 4.11. The summed E-state index contributed by atoms with van der Waals surface area (Å²) in [5, 5.41) is 6.78. The molecule has 21 heavy (non-hydrogen) atoms. The van der Waals surface area contributed by atoms with Crippen molar-refractivity contribution in [3.8, 4) is 0 Å². The molecule has 0 aliphatic rings. The smallest absolute Gasteiger partial charge is 0.257 e. The number of halogens is 1. The minimum absolute atomic E-state index is 0.139. The molecule has 4 heteroatoms. The van der Waals surface area contributed by atoms with E-state index >= 15 is 0 Å². The van der Waals surface area contributed by atoms with Gasteiger partial charge in [0.2, 0.25) is 0 Å². The van der Waals surface area contributed by atoms with Crippen molar-refractivity contribution in [2.75, 3.05) is 17.2 Å². The molecule has 3 nitrogen and oxygen atoms in total. The molecule has 2 aromatic carbocycles. The van der Waals surface area contributed by atoms with E-state index in [9.17, 15) is 4.79 Å². The fraction of sp³-hybridized carbons (Fsp3) is 0.235. The second-order valence-electron chi connectivity index (χ2n) is 4.95. The Hall–Kier alpha value is -2.00. The van der Waals surface area contributed by atoms with Crippen LogP contribution in [0, 0.1) is 13.8 Å². The van der Waals surface area contributed by atoms with E-state index in [-0.39, 0.29) is 5.91 Å². The van der Waals surface area contributed by atoms with E-state index in [2.05, 4.69) is 10.6 Å².